The SMILES string of the molecule is CC(C)OC[SiH2]N1CC(C)OC1c1ccccc1. The largest absolute Gasteiger partial charge is 0.381 e. The second kappa shape index (κ2) is 6.47. The highest BCUT2D eigenvalue weighted by atomic mass is 28.2. The minimum atomic E-state index is -0.392. The van der Waals surface area contributed by atoms with Crippen molar-refractivity contribution in [3.63, 3.8) is 0 Å². The number of benzene rings is 1. The number of hydrogen-bond acceptors (Lipinski definition) is 3. The van der Waals surface area contributed by atoms with E-state index in [0.717, 1.165) is 12.8 Å². The van der Waals surface area contributed by atoms with Crippen LogP contribution in [0.25, 0.3) is 0 Å². The molecule has 2 rings (SSSR count). The molecule has 1 aromatic carbocycles. The number of rotatable bonds is 5. The normalized spacial score (nSPS) is 25.6. The lowest BCUT2D eigenvalue weighted by atomic mass is 10.2. The van der Waals surface area contributed by atoms with Crippen molar-refractivity contribution in [3.8, 4) is 0 Å². The molecule has 2 unspecified atom stereocenters. The number of nitrogens with zero attached hydrogens (tertiary/aromatic N) is 1. The van der Waals surface area contributed by atoms with E-state index >= 15 is 0 Å². The van der Waals surface area contributed by atoms with E-state index in [1.807, 2.05) is 6.07 Å². The first-order chi connectivity index (χ1) is 8.66. The van der Waals surface area contributed by atoms with Crippen molar-refractivity contribution >= 4 is 9.68 Å². The first-order valence-electron chi connectivity index (χ1n) is 6.73. The summed E-state index contributed by atoms with van der Waals surface area (Å²) in [6.45, 7) is 7.36. The lowest BCUT2D eigenvalue weighted by molar-refractivity contribution is 0.0260. The van der Waals surface area contributed by atoms with Gasteiger partial charge in [-0.05, 0) is 26.3 Å². The summed E-state index contributed by atoms with van der Waals surface area (Å²) in [6.07, 6.45) is 1.69. The third-order valence-corrected chi connectivity index (χ3v) is 4.68. The molecule has 0 N–H and O–H groups in total. The van der Waals surface area contributed by atoms with Gasteiger partial charge in [0.25, 0.3) is 0 Å². The van der Waals surface area contributed by atoms with Gasteiger partial charge in [-0.15, -0.1) is 0 Å². The van der Waals surface area contributed by atoms with Crippen LogP contribution in [0.2, 0.25) is 0 Å². The van der Waals surface area contributed by atoms with Crippen LogP contribution >= 0.6 is 0 Å². The van der Waals surface area contributed by atoms with E-state index in [9.17, 15) is 0 Å². The minimum Gasteiger partial charge on any atom is -0.381 e. The molecule has 1 saturated heterocycles. The third-order valence-electron chi connectivity index (χ3n) is 3.10. The van der Waals surface area contributed by atoms with Crippen LogP contribution in [0.15, 0.2) is 30.3 Å². The van der Waals surface area contributed by atoms with Crippen LogP contribution in [0.5, 0.6) is 0 Å². The van der Waals surface area contributed by atoms with Crippen LogP contribution < -0.4 is 0 Å². The quantitative estimate of drug-likeness (QED) is 0.759. The molecule has 1 heterocycles. The Morgan fingerprint density at radius 2 is 2.11 bits per heavy atom. The van der Waals surface area contributed by atoms with Gasteiger partial charge in [-0.25, -0.2) is 0 Å². The van der Waals surface area contributed by atoms with E-state index in [2.05, 4.69) is 49.6 Å². The molecule has 1 aromatic rings. The summed E-state index contributed by atoms with van der Waals surface area (Å²) in [7, 11) is -0.392. The molecule has 18 heavy (non-hydrogen) atoms. The van der Waals surface area contributed by atoms with Crippen LogP contribution in [0, 0.1) is 0 Å². The lowest BCUT2D eigenvalue weighted by Crippen LogP contribution is -2.32. The highest BCUT2D eigenvalue weighted by molar-refractivity contribution is 6.31. The number of ether oxygens (including phenoxy) is 2. The highest BCUT2D eigenvalue weighted by Crippen LogP contribution is 2.28. The van der Waals surface area contributed by atoms with Gasteiger partial charge >= 0.3 is 0 Å². The summed E-state index contributed by atoms with van der Waals surface area (Å²) in [5.41, 5.74) is 1.26. The first kappa shape index (κ1) is 13.7. The van der Waals surface area contributed by atoms with Gasteiger partial charge in [0.2, 0.25) is 0 Å². The maximum absolute atomic E-state index is 6.02. The average molecular weight is 265 g/mol. The molecule has 0 aliphatic carbocycles. The zero-order chi connectivity index (χ0) is 13.0. The summed E-state index contributed by atoms with van der Waals surface area (Å²) >= 11 is 0. The second-order valence-corrected chi connectivity index (χ2v) is 6.79. The summed E-state index contributed by atoms with van der Waals surface area (Å²) in [5, 5.41) is 0. The van der Waals surface area contributed by atoms with Crippen molar-refractivity contribution < 1.29 is 9.47 Å². The van der Waals surface area contributed by atoms with Crippen LogP contribution in [0.4, 0.5) is 0 Å². The molecule has 0 spiro atoms. The monoisotopic (exact) mass is 265 g/mol. The van der Waals surface area contributed by atoms with Gasteiger partial charge in [0.1, 0.15) is 15.9 Å². The average Bonchev–Trinajstić information content (AvgIpc) is 2.71. The number of hydrogen-bond donors (Lipinski definition) is 0. The zero-order valence-electron chi connectivity index (χ0n) is 11.5. The van der Waals surface area contributed by atoms with Crippen LogP contribution in [-0.2, 0) is 9.47 Å². The van der Waals surface area contributed by atoms with Gasteiger partial charge in [0.15, 0.2) is 0 Å². The Balaban J connectivity index is 1.95. The topological polar surface area (TPSA) is 21.7 Å². The van der Waals surface area contributed by atoms with E-state index in [-0.39, 0.29) is 6.23 Å². The van der Waals surface area contributed by atoms with Gasteiger partial charge in [0, 0.05) is 12.8 Å². The molecule has 1 aliphatic heterocycles. The molecular formula is C14H23NO2Si. The van der Waals surface area contributed by atoms with Gasteiger partial charge < -0.3 is 9.47 Å². The van der Waals surface area contributed by atoms with Crippen LogP contribution in [-0.4, -0.2) is 39.2 Å². The molecule has 0 radical (unpaired) electrons. The fourth-order valence-corrected chi connectivity index (χ4v) is 4.19. The van der Waals surface area contributed by atoms with Gasteiger partial charge in [0.05, 0.1) is 12.2 Å². The van der Waals surface area contributed by atoms with Crippen molar-refractivity contribution in [2.45, 2.75) is 39.2 Å². The Morgan fingerprint density at radius 1 is 1.39 bits per heavy atom. The Labute approximate surface area is 112 Å². The molecule has 3 nitrogen and oxygen atoms in total. The smallest absolute Gasteiger partial charge is 0.131 e. The molecule has 2 atom stereocenters. The summed E-state index contributed by atoms with van der Waals surface area (Å²) in [5.74, 6) is 0. The van der Waals surface area contributed by atoms with E-state index in [0.29, 0.717) is 12.2 Å². The highest BCUT2D eigenvalue weighted by Gasteiger charge is 2.30. The Hall–Kier alpha value is -0.683. The molecule has 1 fully saturated rings. The van der Waals surface area contributed by atoms with Crippen molar-refractivity contribution in [1.29, 1.82) is 0 Å². The van der Waals surface area contributed by atoms with Gasteiger partial charge in [-0.1, -0.05) is 30.3 Å². The third kappa shape index (κ3) is 3.65. The van der Waals surface area contributed by atoms with Crippen molar-refractivity contribution in [2.75, 3.05) is 12.8 Å². The molecule has 4 heteroatoms. The Bertz CT molecular complexity index is 358. The maximum Gasteiger partial charge on any atom is 0.131 e. The first-order valence-corrected chi connectivity index (χ1v) is 8.36. The predicted octanol–water partition coefficient (Wildman–Crippen LogP) is 1.87. The fraction of sp³-hybridized carbons (Fsp3) is 0.571. The standard InChI is InChI=1S/C14H23NO2Si/c1-11(2)16-10-18-15-9-12(3)17-14(15)13-7-5-4-6-8-13/h4-8,11-12,14H,9-10,18H2,1-3H3. The van der Waals surface area contributed by atoms with E-state index in [4.69, 9.17) is 9.47 Å². The molecule has 0 saturated carbocycles. The molecule has 1 aliphatic rings. The molecule has 0 aromatic heterocycles. The molecule has 0 amide bonds. The van der Waals surface area contributed by atoms with Crippen LogP contribution in [0.3, 0.4) is 0 Å². The minimum absolute atomic E-state index is 0.142. The molecule has 100 valence electrons. The summed E-state index contributed by atoms with van der Waals surface area (Å²) in [4.78, 5) is 0. The summed E-state index contributed by atoms with van der Waals surface area (Å²) < 4.78 is 14.2. The maximum atomic E-state index is 6.02. The van der Waals surface area contributed by atoms with E-state index in [1.165, 1.54) is 5.56 Å². The molecular weight excluding hydrogens is 242 g/mol. The van der Waals surface area contributed by atoms with Crippen molar-refractivity contribution in [1.82, 2.24) is 4.57 Å². The van der Waals surface area contributed by atoms with Gasteiger partial charge in [-0.2, -0.15) is 0 Å². The fourth-order valence-electron chi connectivity index (χ4n) is 2.30. The predicted molar refractivity (Wildman–Crippen MR) is 76.1 cm³/mol. The van der Waals surface area contributed by atoms with Crippen molar-refractivity contribution in [2.24, 2.45) is 0 Å². The zero-order valence-corrected chi connectivity index (χ0v) is 12.9. The van der Waals surface area contributed by atoms with Gasteiger partial charge in [-0.3, -0.25) is 4.57 Å². The van der Waals surface area contributed by atoms with Crippen LogP contribution in [0.1, 0.15) is 32.6 Å². The Morgan fingerprint density at radius 3 is 2.78 bits per heavy atom. The molecule has 0 bridgehead atoms. The second-order valence-electron chi connectivity index (χ2n) is 5.12. The van der Waals surface area contributed by atoms with E-state index in [1.54, 1.807) is 0 Å². The van der Waals surface area contributed by atoms with Crippen molar-refractivity contribution in [3.05, 3.63) is 35.9 Å². The van der Waals surface area contributed by atoms with E-state index < -0.39 is 9.68 Å². The lowest BCUT2D eigenvalue weighted by Gasteiger charge is -2.23. The summed E-state index contributed by atoms with van der Waals surface area (Å²) in [6, 6.07) is 10.5. The Kier molecular flexibility index (Phi) is 4.94.